The van der Waals surface area contributed by atoms with Crippen LogP contribution in [0.25, 0.3) is 11.0 Å². The molecule has 2 nitrogen and oxygen atoms in total. The molecule has 16 heavy (non-hydrogen) atoms. The highest BCUT2D eigenvalue weighted by molar-refractivity contribution is 5.78. The first-order valence-corrected chi connectivity index (χ1v) is 5.19. The van der Waals surface area contributed by atoms with Gasteiger partial charge in [-0.2, -0.15) is 4.39 Å². The topological polar surface area (TPSA) is 33.4 Å². The van der Waals surface area contributed by atoms with E-state index in [0.717, 1.165) is 12.5 Å². The van der Waals surface area contributed by atoms with E-state index in [9.17, 15) is 13.9 Å². The van der Waals surface area contributed by atoms with Gasteiger partial charge in [0.1, 0.15) is 11.9 Å². The molecule has 0 bridgehead atoms. The smallest absolute Gasteiger partial charge is 0.201 e. The van der Waals surface area contributed by atoms with Crippen molar-refractivity contribution in [3.05, 3.63) is 35.6 Å². The molecule has 1 atom stereocenters. The monoisotopic (exact) mass is 226 g/mol. The summed E-state index contributed by atoms with van der Waals surface area (Å²) in [5.74, 6) is -1.67. The van der Waals surface area contributed by atoms with Gasteiger partial charge in [-0.15, -0.1) is 0 Å². The van der Waals surface area contributed by atoms with Crippen LogP contribution in [0.1, 0.15) is 31.6 Å². The lowest BCUT2D eigenvalue weighted by Gasteiger charge is -2.03. The van der Waals surface area contributed by atoms with Gasteiger partial charge in [0.25, 0.3) is 0 Å². The normalized spacial score (nSPS) is 13.2. The summed E-state index contributed by atoms with van der Waals surface area (Å²) < 4.78 is 31.3. The summed E-state index contributed by atoms with van der Waals surface area (Å²) in [7, 11) is 0. The van der Waals surface area contributed by atoms with Crippen LogP contribution >= 0.6 is 0 Å². The van der Waals surface area contributed by atoms with Gasteiger partial charge >= 0.3 is 0 Å². The maximum Gasteiger partial charge on any atom is 0.201 e. The summed E-state index contributed by atoms with van der Waals surface area (Å²) in [4.78, 5) is 0. The quantitative estimate of drug-likeness (QED) is 0.868. The van der Waals surface area contributed by atoms with Gasteiger partial charge in [-0.05, 0) is 24.6 Å². The third-order valence-corrected chi connectivity index (χ3v) is 2.49. The molecule has 0 aliphatic heterocycles. The fraction of sp³-hybridized carbons (Fsp3) is 0.333. The lowest BCUT2D eigenvalue weighted by Crippen LogP contribution is -1.93. The van der Waals surface area contributed by atoms with E-state index in [0.29, 0.717) is 11.8 Å². The Balaban J connectivity index is 2.48. The Morgan fingerprint density at radius 3 is 2.81 bits per heavy atom. The first kappa shape index (κ1) is 11.1. The molecule has 0 saturated carbocycles. The molecule has 86 valence electrons. The second-order valence-corrected chi connectivity index (χ2v) is 3.73. The van der Waals surface area contributed by atoms with Crippen LogP contribution in [-0.4, -0.2) is 5.11 Å². The summed E-state index contributed by atoms with van der Waals surface area (Å²) in [6.45, 7) is 1.92. The van der Waals surface area contributed by atoms with Crippen LogP contribution in [0.15, 0.2) is 22.6 Å². The number of halogens is 2. The Morgan fingerprint density at radius 2 is 2.12 bits per heavy atom. The summed E-state index contributed by atoms with van der Waals surface area (Å²) >= 11 is 0. The van der Waals surface area contributed by atoms with Gasteiger partial charge in [-0.1, -0.05) is 13.3 Å². The first-order valence-electron chi connectivity index (χ1n) is 5.19. The molecular formula is C12H12F2O2. The van der Waals surface area contributed by atoms with E-state index >= 15 is 0 Å². The second-order valence-electron chi connectivity index (χ2n) is 3.73. The van der Waals surface area contributed by atoms with Crippen LogP contribution in [0.5, 0.6) is 0 Å². The molecule has 4 heteroatoms. The van der Waals surface area contributed by atoms with Crippen LogP contribution in [0, 0.1) is 11.6 Å². The summed E-state index contributed by atoms with van der Waals surface area (Å²) in [5, 5.41) is 10.1. The molecule has 0 aliphatic rings. The Bertz CT molecular complexity index is 505. The maximum atomic E-state index is 13.3. The average Bonchev–Trinajstić information content (AvgIpc) is 2.69. The van der Waals surface area contributed by atoms with Gasteiger partial charge < -0.3 is 9.52 Å². The number of fused-ring (bicyclic) bond motifs is 1. The van der Waals surface area contributed by atoms with Crippen LogP contribution in [0.3, 0.4) is 0 Å². The van der Waals surface area contributed by atoms with Gasteiger partial charge in [0.05, 0.1) is 0 Å². The highest BCUT2D eigenvalue weighted by Crippen LogP contribution is 2.28. The number of aliphatic hydroxyl groups excluding tert-OH is 1. The van der Waals surface area contributed by atoms with Crippen LogP contribution < -0.4 is 0 Å². The van der Waals surface area contributed by atoms with Crippen LogP contribution in [-0.2, 0) is 0 Å². The Hall–Kier alpha value is -1.42. The van der Waals surface area contributed by atoms with Gasteiger partial charge in [0.15, 0.2) is 11.4 Å². The molecule has 1 aromatic carbocycles. The van der Waals surface area contributed by atoms with Gasteiger partial charge in [0, 0.05) is 5.39 Å². The lowest BCUT2D eigenvalue weighted by atomic mass is 10.1. The number of hydrogen-bond acceptors (Lipinski definition) is 2. The van der Waals surface area contributed by atoms with Gasteiger partial charge in [-0.3, -0.25) is 0 Å². The standard InChI is InChI=1S/C12H12F2O2/c1-2-3-9(15)10-6-7-4-5-8(13)11(14)12(7)16-10/h4-6,9,15H,2-3H2,1H3. The highest BCUT2D eigenvalue weighted by atomic mass is 19.2. The van der Waals surface area contributed by atoms with E-state index < -0.39 is 17.7 Å². The summed E-state index contributed by atoms with van der Waals surface area (Å²) in [6, 6.07) is 4.01. The van der Waals surface area contributed by atoms with Gasteiger partial charge in [0.2, 0.25) is 5.82 Å². The zero-order valence-electron chi connectivity index (χ0n) is 8.84. The SMILES string of the molecule is CCCC(O)c1cc2ccc(F)c(F)c2o1. The lowest BCUT2D eigenvalue weighted by molar-refractivity contribution is 0.141. The van der Waals surface area contributed by atoms with Crippen molar-refractivity contribution in [3.63, 3.8) is 0 Å². The van der Waals surface area contributed by atoms with Crippen molar-refractivity contribution >= 4 is 11.0 Å². The number of rotatable bonds is 3. The fourth-order valence-electron chi connectivity index (χ4n) is 1.64. The molecule has 1 heterocycles. The number of aliphatic hydroxyl groups is 1. The molecular weight excluding hydrogens is 214 g/mol. The van der Waals surface area contributed by atoms with Crippen molar-refractivity contribution in [2.75, 3.05) is 0 Å². The number of hydrogen-bond donors (Lipinski definition) is 1. The van der Waals surface area contributed by atoms with E-state index in [4.69, 9.17) is 4.42 Å². The largest absolute Gasteiger partial charge is 0.455 e. The molecule has 1 unspecified atom stereocenters. The van der Waals surface area contributed by atoms with E-state index in [1.165, 1.54) is 12.1 Å². The summed E-state index contributed by atoms with van der Waals surface area (Å²) in [6.07, 6.45) is 0.554. The van der Waals surface area contributed by atoms with Crippen molar-refractivity contribution in [3.8, 4) is 0 Å². The van der Waals surface area contributed by atoms with E-state index in [1.807, 2.05) is 6.92 Å². The molecule has 1 N–H and O–H groups in total. The second kappa shape index (κ2) is 4.22. The molecule has 0 spiro atoms. The van der Waals surface area contributed by atoms with E-state index in [-0.39, 0.29) is 11.3 Å². The predicted molar refractivity (Wildman–Crippen MR) is 56.0 cm³/mol. The minimum atomic E-state index is -1.01. The Kier molecular flexibility index (Phi) is 2.92. The van der Waals surface area contributed by atoms with Crippen LogP contribution in [0.2, 0.25) is 0 Å². The van der Waals surface area contributed by atoms with Crippen LogP contribution in [0.4, 0.5) is 8.78 Å². The van der Waals surface area contributed by atoms with Crippen molar-refractivity contribution < 1.29 is 18.3 Å². The maximum absolute atomic E-state index is 13.3. The number of benzene rings is 1. The van der Waals surface area contributed by atoms with Crippen molar-refractivity contribution in [1.29, 1.82) is 0 Å². The van der Waals surface area contributed by atoms with E-state index in [1.54, 1.807) is 0 Å². The van der Waals surface area contributed by atoms with Crippen molar-refractivity contribution in [2.24, 2.45) is 0 Å². The van der Waals surface area contributed by atoms with Crippen molar-refractivity contribution in [1.82, 2.24) is 0 Å². The van der Waals surface area contributed by atoms with Gasteiger partial charge in [-0.25, -0.2) is 4.39 Å². The van der Waals surface area contributed by atoms with E-state index in [2.05, 4.69) is 0 Å². The third kappa shape index (κ3) is 1.80. The third-order valence-electron chi connectivity index (χ3n) is 2.49. The average molecular weight is 226 g/mol. The molecule has 0 aliphatic carbocycles. The minimum Gasteiger partial charge on any atom is -0.455 e. The molecule has 0 fully saturated rings. The molecule has 2 rings (SSSR count). The highest BCUT2D eigenvalue weighted by Gasteiger charge is 2.16. The number of furan rings is 1. The molecule has 0 amide bonds. The Morgan fingerprint density at radius 1 is 1.38 bits per heavy atom. The fourth-order valence-corrected chi connectivity index (χ4v) is 1.64. The predicted octanol–water partition coefficient (Wildman–Crippen LogP) is 3.54. The molecule has 0 saturated heterocycles. The molecule has 0 radical (unpaired) electrons. The molecule has 1 aromatic heterocycles. The molecule has 2 aromatic rings. The Labute approximate surface area is 91.5 Å². The summed E-state index contributed by atoms with van der Waals surface area (Å²) in [5.41, 5.74) is -0.134. The first-order chi connectivity index (χ1) is 7.63. The van der Waals surface area contributed by atoms with Crippen molar-refractivity contribution in [2.45, 2.75) is 25.9 Å². The minimum absolute atomic E-state index is 0.134. The zero-order chi connectivity index (χ0) is 11.7. The zero-order valence-corrected chi connectivity index (χ0v) is 8.84.